The summed E-state index contributed by atoms with van der Waals surface area (Å²) in [7, 11) is -3.74. The molecule has 0 fully saturated rings. The van der Waals surface area contributed by atoms with E-state index in [1.807, 2.05) is 28.7 Å². The van der Waals surface area contributed by atoms with Crippen molar-refractivity contribution in [3.63, 3.8) is 0 Å². The van der Waals surface area contributed by atoms with E-state index in [1.54, 1.807) is 12.1 Å². The number of phenolic OH excluding ortho intramolecular Hbond substituents is 1. The molecule has 0 aliphatic carbocycles. The summed E-state index contributed by atoms with van der Waals surface area (Å²) >= 11 is 2.03. The quantitative estimate of drug-likeness (QED) is 0.386. The van der Waals surface area contributed by atoms with Crippen molar-refractivity contribution in [3.8, 4) is 11.8 Å². The highest BCUT2D eigenvalue weighted by Gasteiger charge is 2.14. The Morgan fingerprint density at radius 3 is 2.88 bits per heavy atom. The van der Waals surface area contributed by atoms with Crippen LogP contribution in [0.1, 0.15) is 5.56 Å². The average molecular weight is 461 g/mol. The lowest BCUT2D eigenvalue weighted by molar-refractivity contribution is 0.471. The third-order valence-corrected chi connectivity index (χ3v) is 4.28. The molecule has 0 saturated heterocycles. The largest absolute Gasteiger partial charge is 0.507 e. The summed E-state index contributed by atoms with van der Waals surface area (Å²) in [4.78, 5) is 14.9. The number of aromatic hydroxyl groups is 1. The molecule has 11 heteroatoms. The number of aromatic amines is 1. The summed E-state index contributed by atoms with van der Waals surface area (Å²) in [6.45, 7) is 0.403. The van der Waals surface area contributed by atoms with E-state index in [0.717, 1.165) is 15.4 Å². The molecule has 0 saturated carbocycles. The van der Waals surface area contributed by atoms with Crippen LogP contribution in [0.15, 0.2) is 24.5 Å². The van der Waals surface area contributed by atoms with Gasteiger partial charge in [-0.15, -0.1) is 0 Å². The summed E-state index contributed by atoms with van der Waals surface area (Å²) < 4.78 is 28.0. The standard InChI is InChI=1S/C13H12IN5O4S/c1-24(21,22)23-13-18-11(10-12(19-13)17-6-16-10)15-5-7-2-3-9(20)8(14)4-7/h2-4,6,20H,5H2,1H3,(H2,15,16,17,18,19). The molecule has 2 aromatic heterocycles. The molecule has 0 radical (unpaired) electrons. The first kappa shape index (κ1) is 16.7. The SMILES string of the molecule is CS(=O)(=O)Oc1nc(NCc2ccc(O)c(I)c2)c2[nH]cnc2n1. The maximum absolute atomic E-state index is 11.3. The van der Waals surface area contributed by atoms with Crippen molar-refractivity contribution in [2.45, 2.75) is 6.54 Å². The van der Waals surface area contributed by atoms with Gasteiger partial charge in [-0.1, -0.05) is 6.07 Å². The highest BCUT2D eigenvalue weighted by atomic mass is 127. The van der Waals surface area contributed by atoms with Crippen LogP contribution in [0, 0.1) is 3.57 Å². The van der Waals surface area contributed by atoms with Crippen LogP contribution in [0.2, 0.25) is 0 Å². The highest BCUT2D eigenvalue weighted by molar-refractivity contribution is 14.1. The summed E-state index contributed by atoms with van der Waals surface area (Å²) in [6, 6.07) is 4.88. The minimum atomic E-state index is -3.74. The normalized spacial score (nSPS) is 11.6. The molecule has 3 aromatic rings. The van der Waals surface area contributed by atoms with Crippen molar-refractivity contribution in [1.82, 2.24) is 19.9 Å². The molecule has 0 unspecified atom stereocenters. The Morgan fingerprint density at radius 1 is 1.38 bits per heavy atom. The zero-order valence-electron chi connectivity index (χ0n) is 12.3. The number of H-pyrrole nitrogens is 1. The number of benzene rings is 1. The fraction of sp³-hybridized carbons (Fsp3) is 0.154. The second-order valence-corrected chi connectivity index (χ2v) is 7.62. The third-order valence-electron chi connectivity index (χ3n) is 2.96. The lowest BCUT2D eigenvalue weighted by Crippen LogP contribution is -2.10. The van der Waals surface area contributed by atoms with E-state index < -0.39 is 10.1 Å². The van der Waals surface area contributed by atoms with Gasteiger partial charge in [0.2, 0.25) is 0 Å². The number of hydrogen-bond donors (Lipinski definition) is 3. The van der Waals surface area contributed by atoms with Crippen LogP contribution < -0.4 is 9.50 Å². The molecule has 3 rings (SSSR count). The van der Waals surface area contributed by atoms with Crippen molar-refractivity contribution in [1.29, 1.82) is 0 Å². The number of imidazole rings is 1. The van der Waals surface area contributed by atoms with E-state index in [4.69, 9.17) is 4.18 Å². The summed E-state index contributed by atoms with van der Waals surface area (Å²) in [5, 5.41) is 12.6. The summed E-state index contributed by atoms with van der Waals surface area (Å²) in [6.07, 6.45) is 2.34. The molecule has 0 spiro atoms. The first-order chi connectivity index (χ1) is 11.3. The smallest absolute Gasteiger partial charge is 0.337 e. The number of nitrogens with one attached hydrogen (secondary N) is 2. The molecule has 0 aliphatic heterocycles. The molecule has 1 aromatic carbocycles. The molecular weight excluding hydrogens is 449 g/mol. The Kier molecular flexibility index (Phi) is 4.45. The van der Waals surface area contributed by atoms with Crippen LogP contribution in [-0.4, -0.2) is 39.7 Å². The number of phenols is 1. The molecule has 0 bridgehead atoms. The Hall–Kier alpha value is -2.15. The van der Waals surface area contributed by atoms with Crippen LogP contribution >= 0.6 is 22.6 Å². The van der Waals surface area contributed by atoms with Crippen molar-refractivity contribution in [2.24, 2.45) is 0 Å². The number of rotatable bonds is 5. The van der Waals surface area contributed by atoms with E-state index in [2.05, 4.69) is 25.3 Å². The predicted molar refractivity (Wildman–Crippen MR) is 95.3 cm³/mol. The van der Waals surface area contributed by atoms with Gasteiger partial charge < -0.3 is 19.6 Å². The van der Waals surface area contributed by atoms with Gasteiger partial charge in [-0.25, -0.2) is 4.98 Å². The lowest BCUT2D eigenvalue weighted by Gasteiger charge is -2.09. The Bertz CT molecular complexity index is 1000. The fourth-order valence-electron chi connectivity index (χ4n) is 1.96. The summed E-state index contributed by atoms with van der Waals surface area (Å²) in [5.41, 5.74) is 1.73. The number of hydrogen-bond acceptors (Lipinski definition) is 8. The van der Waals surface area contributed by atoms with E-state index >= 15 is 0 Å². The molecule has 2 heterocycles. The molecule has 3 N–H and O–H groups in total. The van der Waals surface area contributed by atoms with Crippen LogP contribution in [0.25, 0.3) is 11.2 Å². The number of fused-ring (bicyclic) bond motifs is 1. The van der Waals surface area contributed by atoms with Crippen molar-refractivity contribution in [3.05, 3.63) is 33.7 Å². The van der Waals surface area contributed by atoms with Crippen LogP contribution in [0.5, 0.6) is 11.8 Å². The van der Waals surface area contributed by atoms with Crippen LogP contribution in [0.3, 0.4) is 0 Å². The molecular formula is C13H12IN5O4S. The maximum Gasteiger partial charge on any atom is 0.337 e. The van der Waals surface area contributed by atoms with E-state index in [9.17, 15) is 13.5 Å². The molecule has 24 heavy (non-hydrogen) atoms. The van der Waals surface area contributed by atoms with E-state index in [-0.39, 0.29) is 17.4 Å². The topological polar surface area (TPSA) is 130 Å². The highest BCUT2D eigenvalue weighted by Crippen LogP contribution is 2.23. The van der Waals surface area contributed by atoms with Gasteiger partial charge in [0.1, 0.15) is 11.3 Å². The average Bonchev–Trinajstić information content (AvgIpc) is 2.95. The Balaban J connectivity index is 1.89. The third kappa shape index (κ3) is 3.84. The van der Waals surface area contributed by atoms with E-state index in [0.29, 0.717) is 17.9 Å². The predicted octanol–water partition coefficient (Wildman–Crippen LogP) is 1.61. The van der Waals surface area contributed by atoms with Crippen molar-refractivity contribution < 1.29 is 17.7 Å². The van der Waals surface area contributed by atoms with Crippen molar-refractivity contribution >= 4 is 49.7 Å². The zero-order chi connectivity index (χ0) is 17.3. The number of aromatic nitrogens is 4. The molecule has 0 atom stereocenters. The minimum Gasteiger partial charge on any atom is -0.507 e. The van der Waals surface area contributed by atoms with Gasteiger partial charge in [0, 0.05) is 6.54 Å². The van der Waals surface area contributed by atoms with Crippen LogP contribution in [0.4, 0.5) is 5.82 Å². The maximum atomic E-state index is 11.3. The lowest BCUT2D eigenvalue weighted by atomic mass is 10.2. The van der Waals surface area contributed by atoms with Crippen molar-refractivity contribution in [2.75, 3.05) is 11.6 Å². The number of anilines is 1. The van der Waals surface area contributed by atoms with Gasteiger partial charge in [-0.2, -0.15) is 18.4 Å². The van der Waals surface area contributed by atoms with Gasteiger partial charge in [-0.3, -0.25) is 0 Å². The monoisotopic (exact) mass is 461 g/mol. The minimum absolute atomic E-state index is 0.209. The second kappa shape index (κ2) is 6.39. The van der Waals surface area contributed by atoms with E-state index in [1.165, 1.54) is 6.33 Å². The van der Waals surface area contributed by atoms with Gasteiger partial charge in [0.25, 0.3) is 0 Å². The fourth-order valence-corrected chi connectivity index (χ4v) is 2.89. The molecule has 0 amide bonds. The molecule has 0 aliphatic rings. The Labute approximate surface area is 150 Å². The first-order valence-electron chi connectivity index (χ1n) is 6.64. The summed E-state index contributed by atoms with van der Waals surface area (Å²) in [5.74, 6) is 0.570. The van der Waals surface area contributed by atoms with Gasteiger partial charge >= 0.3 is 16.1 Å². The number of halogens is 1. The molecule has 9 nitrogen and oxygen atoms in total. The first-order valence-corrected chi connectivity index (χ1v) is 9.53. The van der Waals surface area contributed by atoms with Crippen LogP contribution in [-0.2, 0) is 16.7 Å². The number of nitrogens with zero attached hydrogens (tertiary/aromatic N) is 3. The van der Waals surface area contributed by atoms with Gasteiger partial charge in [-0.05, 0) is 40.3 Å². The Morgan fingerprint density at radius 2 is 2.17 bits per heavy atom. The second-order valence-electron chi connectivity index (χ2n) is 4.88. The zero-order valence-corrected chi connectivity index (χ0v) is 15.3. The van der Waals surface area contributed by atoms with Gasteiger partial charge in [0.05, 0.1) is 16.2 Å². The molecule has 126 valence electrons. The van der Waals surface area contributed by atoms with Gasteiger partial charge in [0.15, 0.2) is 11.5 Å².